The predicted molar refractivity (Wildman–Crippen MR) is 141 cm³/mol. The highest BCUT2D eigenvalue weighted by Gasteiger charge is 2.36. The fourth-order valence-electron chi connectivity index (χ4n) is 3.46. The van der Waals surface area contributed by atoms with Crippen LogP contribution in [0.2, 0.25) is 10.0 Å². The van der Waals surface area contributed by atoms with Crippen LogP contribution in [0.4, 0.5) is 5.69 Å². The van der Waals surface area contributed by atoms with Gasteiger partial charge in [0.1, 0.15) is 23.8 Å². The lowest BCUT2D eigenvalue weighted by molar-refractivity contribution is -0.114. The van der Waals surface area contributed by atoms with Gasteiger partial charge in [0.05, 0.1) is 22.3 Å². The number of hydrogen-bond acceptors (Lipinski definition) is 4. The lowest BCUT2D eigenvalue weighted by Crippen LogP contribution is -2.31. The summed E-state index contributed by atoms with van der Waals surface area (Å²) in [5.74, 6) is 1.26. The van der Waals surface area contributed by atoms with Crippen LogP contribution >= 0.6 is 35.4 Å². The van der Waals surface area contributed by atoms with E-state index < -0.39 is 0 Å². The van der Waals surface area contributed by atoms with E-state index in [1.807, 2.05) is 67.6 Å². The van der Waals surface area contributed by atoms with Crippen molar-refractivity contribution in [1.82, 2.24) is 4.90 Å². The third kappa shape index (κ3) is 5.20. The summed E-state index contributed by atoms with van der Waals surface area (Å²) in [5.41, 5.74) is 2.96. The zero-order chi connectivity index (χ0) is 24.2. The van der Waals surface area contributed by atoms with Gasteiger partial charge in [0.2, 0.25) is 0 Å². The number of anilines is 1. The Morgan fingerprint density at radius 2 is 1.56 bits per heavy atom. The molecule has 4 rings (SSSR count). The van der Waals surface area contributed by atoms with Crippen molar-refractivity contribution in [2.75, 3.05) is 18.6 Å². The van der Waals surface area contributed by atoms with Gasteiger partial charge in [-0.3, -0.25) is 9.69 Å². The average molecular weight is 513 g/mol. The minimum Gasteiger partial charge on any atom is -0.494 e. The Hall–Kier alpha value is -3.06. The maximum Gasteiger partial charge on any atom is 0.281 e. The van der Waals surface area contributed by atoms with Crippen molar-refractivity contribution in [1.29, 1.82) is 0 Å². The summed E-state index contributed by atoms with van der Waals surface area (Å²) in [6.45, 7) is 2.87. The van der Waals surface area contributed by atoms with E-state index in [0.717, 1.165) is 16.9 Å². The number of likely N-dealkylation sites (N-methyl/N-ethyl adjacent to an activating group) is 1. The van der Waals surface area contributed by atoms with Crippen LogP contribution in [0, 0.1) is 0 Å². The molecular weight excluding hydrogens is 491 g/mol. The van der Waals surface area contributed by atoms with E-state index in [1.54, 1.807) is 24.1 Å². The third-order valence-corrected chi connectivity index (χ3v) is 6.44. The predicted octanol–water partition coefficient (Wildman–Crippen LogP) is 6.58. The number of rotatable bonds is 7. The number of nitrogens with zero attached hydrogens (tertiary/aromatic N) is 2. The maximum absolute atomic E-state index is 13.2. The Morgan fingerprint density at radius 3 is 2.21 bits per heavy atom. The molecule has 0 atom stereocenters. The van der Waals surface area contributed by atoms with Crippen molar-refractivity contribution < 1.29 is 14.3 Å². The number of carbonyl (C=O) groups excluding carboxylic acids is 1. The molecule has 0 spiro atoms. The van der Waals surface area contributed by atoms with Gasteiger partial charge < -0.3 is 14.4 Å². The van der Waals surface area contributed by atoms with Crippen LogP contribution in [0.1, 0.15) is 18.1 Å². The van der Waals surface area contributed by atoms with Gasteiger partial charge in [0.15, 0.2) is 5.11 Å². The monoisotopic (exact) mass is 512 g/mol. The van der Waals surface area contributed by atoms with E-state index in [-0.39, 0.29) is 5.91 Å². The normalized spacial score (nSPS) is 14.8. The van der Waals surface area contributed by atoms with Gasteiger partial charge in [-0.05, 0) is 84.9 Å². The zero-order valence-corrected chi connectivity index (χ0v) is 21.0. The maximum atomic E-state index is 13.2. The Kier molecular flexibility index (Phi) is 7.41. The highest BCUT2D eigenvalue weighted by molar-refractivity contribution is 7.80. The van der Waals surface area contributed by atoms with Crippen LogP contribution in [-0.4, -0.2) is 29.6 Å². The Bertz CT molecular complexity index is 1240. The van der Waals surface area contributed by atoms with Crippen molar-refractivity contribution in [3.63, 3.8) is 0 Å². The van der Waals surface area contributed by atoms with Crippen LogP contribution in [-0.2, 0) is 11.4 Å². The van der Waals surface area contributed by atoms with Crippen molar-refractivity contribution >= 4 is 58.2 Å². The molecule has 1 heterocycles. The largest absolute Gasteiger partial charge is 0.494 e. The molecule has 8 heteroatoms. The molecule has 174 valence electrons. The van der Waals surface area contributed by atoms with Crippen LogP contribution in [0.25, 0.3) is 6.08 Å². The molecule has 5 nitrogen and oxygen atoms in total. The minimum atomic E-state index is -0.184. The van der Waals surface area contributed by atoms with Crippen LogP contribution in [0.3, 0.4) is 0 Å². The van der Waals surface area contributed by atoms with Gasteiger partial charge in [0, 0.05) is 7.05 Å². The molecule has 0 radical (unpaired) electrons. The fourth-order valence-corrected chi connectivity index (χ4v) is 4.06. The quantitative estimate of drug-likeness (QED) is 0.264. The minimum absolute atomic E-state index is 0.184. The molecule has 0 unspecified atom stereocenters. The van der Waals surface area contributed by atoms with Gasteiger partial charge in [0.25, 0.3) is 5.91 Å². The van der Waals surface area contributed by atoms with E-state index >= 15 is 0 Å². The highest BCUT2D eigenvalue weighted by Crippen LogP contribution is 2.30. The number of ether oxygens (including phenoxy) is 2. The van der Waals surface area contributed by atoms with Crippen molar-refractivity contribution in [3.8, 4) is 11.5 Å². The SMILES string of the molecule is CCOc1ccc(N2C(=O)/C(=C/c3ccc(OCc4ccc(Cl)c(Cl)c4)cc3)N(C)C2=S)cc1. The number of benzene rings is 3. The van der Waals surface area contributed by atoms with Crippen molar-refractivity contribution in [2.24, 2.45) is 0 Å². The number of carbonyl (C=O) groups is 1. The molecule has 1 aliphatic rings. The van der Waals surface area contributed by atoms with Crippen LogP contribution < -0.4 is 14.4 Å². The van der Waals surface area contributed by atoms with E-state index in [1.165, 1.54) is 4.90 Å². The molecule has 1 saturated heterocycles. The summed E-state index contributed by atoms with van der Waals surface area (Å²) in [7, 11) is 1.79. The standard InChI is InChI=1S/C26H22Cl2N2O3S/c1-3-32-20-11-7-19(8-12-20)30-25(31)24(29(2)26(30)34)15-17-4-9-21(10-5-17)33-16-18-6-13-22(27)23(28)14-18/h4-15H,3,16H2,1-2H3/b24-15-. The number of halogens is 2. The summed E-state index contributed by atoms with van der Waals surface area (Å²) in [6, 6.07) is 20.2. The molecule has 3 aromatic carbocycles. The molecule has 3 aromatic rings. The Morgan fingerprint density at radius 1 is 0.912 bits per heavy atom. The summed E-state index contributed by atoms with van der Waals surface area (Å²) in [4.78, 5) is 16.4. The van der Waals surface area contributed by atoms with E-state index in [9.17, 15) is 4.79 Å². The third-order valence-electron chi connectivity index (χ3n) is 5.24. The summed E-state index contributed by atoms with van der Waals surface area (Å²) >= 11 is 17.6. The first kappa shape index (κ1) is 24.1. The molecule has 0 aliphatic carbocycles. The van der Waals surface area contributed by atoms with Gasteiger partial charge in [-0.2, -0.15) is 0 Å². The lowest BCUT2D eigenvalue weighted by Gasteiger charge is -2.16. The molecule has 0 saturated carbocycles. The second-order valence-electron chi connectivity index (χ2n) is 7.54. The second kappa shape index (κ2) is 10.5. The number of thiocarbonyl (C=S) groups is 1. The van der Waals surface area contributed by atoms with E-state index in [0.29, 0.717) is 45.5 Å². The number of amides is 1. The smallest absolute Gasteiger partial charge is 0.281 e. The molecule has 0 aromatic heterocycles. The molecule has 1 amide bonds. The molecule has 34 heavy (non-hydrogen) atoms. The van der Waals surface area contributed by atoms with E-state index in [4.69, 9.17) is 44.9 Å². The lowest BCUT2D eigenvalue weighted by atomic mass is 10.1. The summed E-state index contributed by atoms with van der Waals surface area (Å²) < 4.78 is 11.3. The van der Waals surface area contributed by atoms with Gasteiger partial charge in [-0.1, -0.05) is 41.4 Å². The average Bonchev–Trinajstić information content (AvgIpc) is 3.04. The van der Waals surface area contributed by atoms with Crippen LogP contribution in [0.15, 0.2) is 72.4 Å². The van der Waals surface area contributed by atoms with Crippen molar-refractivity contribution in [3.05, 3.63) is 93.6 Å². The van der Waals surface area contributed by atoms with Gasteiger partial charge in [-0.25, -0.2) is 0 Å². The Balaban J connectivity index is 1.46. The molecule has 1 fully saturated rings. The zero-order valence-electron chi connectivity index (χ0n) is 18.6. The first-order valence-corrected chi connectivity index (χ1v) is 11.8. The summed E-state index contributed by atoms with van der Waals surface area (Å²) in [5, 5.41) is 1.42. The second-order valence-corrected chi connectivity index (χ2v) is 8.72. The van der Waals surface area contributed by atoms with E-state index in [2.05, 4.69) is 0 Å². The summed E-state index contributed by atoms with van der Waals surface area (Å²) in [6.07, 6.45) is 1.81. The first-order chi connectivity index (χ1) is 16.4. The van der Waals surface area contributed by atoms with Crippen LogP contribution in [0.5, 0.6) is 11.5 Å². The first-order valence-electron chi connectivity index (χ1n) is 10.6. The van der Waals surface area contributed by atoms with Gasteiger partial charge >= 0.3 is 0 Å². The molecule has 0 bridgehead atoms. The molecular formula is C26H22Cl2N2O3S. The molecule has 0 N–H and O–H groups in total. The number of hydrogen-bond donors (Lipinski definition) is 0. The molecule has 1 aliphatic heterocycles. The van der Waals surface area contributed by atoms with Gasteiger partial charge in [-0.15, -0.1) is 0 Å². The van der Waals surface area contributed by atoms with Crippen molar-refractivity contribution in [2.45, 2.75) is 13.5 Å². The Labute approximate surface area is 214 Å². The topological polar surface area (TPSA) is 42.0 Å². The highest BCUT2D eigenvalue weighted by atomic mass is 35.5. The fraction of sp³-hybridized carbons (Fsp3) is 0.154.